The van der Waals surface area contributed by atoms with E-state index < -0.39 is 6.85 Å². The molecule has 0 fully saturated rings. The average Bonchev–Trinajstić information content (AvgIpc) is 3.33. The first-order valence-electron chi connectivity index (χ1n) is 11.9. The molecule has 2 aromatic carbocycles. The van der Waals surface area contributed by atoms with Crippen LogP contribution >= 0.6 is 0 Å². The Bertz CT molecular complexity index is 1560. The summed E-state index contributed by atoms with van der Waals surface area (Å²) in [5.74, 6) is 0.595. The molecule has 0 spiro atoms. The zero-order valence-electron chi connectivity index (χ0n) is 21.6. The lowest BCUT2D eigenvalue weighted by Gasteiger charge is -2.17. The molecular formula is C26H27N3O2. The van der Waals surface area contributed by atoms with Gasteiger partial charge in [-0.2, -0.15) is 0 Å². The van der Waals surface area contributed by atoms with Gasteiger partial charge in [0, 0.05) is 37.0 Å². The maximum absolute atomic E-state index is 8.14. The van der Waals surface area contributed by atoms with Crippen LogP contribution in [0, 0.1) is 6.85 Å². The molecule has 0 saturated heterocycles. The van der Waals surface area contributed by atoms with Gasteiger partial charge in [-0.15, -0.1) is 0 Å². The van der Waals surface area contributed by atoms with Gasteiger partial charge in [-0.1, -0.05) is 47.6 Å². The smallest absolute Gasteiger partial charge is 0.201 e. The average molecular weight is 417 g/mol. The predicted molar refractivity (Wildman–Crippen MR) is 124 cm³/mol. The lowest BCUT2D eigenvalue weighted by Crippen LogP contribution is -2.13. The van der Waals surface area contributed by atoms with Gasteiger partial charge in [-0.05, 0) is 36.7 Å². The molecule has 5 rings (SSSR count). The molecule has 5 aromatic rings. The van der Waals surface area contributed by atoms with Crippen LogP contribution in [-0.4, -0.2) is 15.0 Å². The van der Waals surface area contributed by atoms with Crippen molar-refractivity contribution in [1.29, 1.82) is 0 Å². The number of benzene rings is 2. The van der Waals surface area contributed by atoms with Gasteiger partial charge in [0.15, 0.2) is 11.2 Å². The van der Waals surface area contributed by atoms with Crippen molar-refractivity contribution in [3.63, 3.8) is 0 Å². The van der Waals surface area contributed by atoms with E-state index in [0.717, 1.165) is 5.69 Å². The van der Waals surface area contributed by atoms with Crippen LogP contribution in [0.3, 0.4) is 0 Å². The second-order valence-corrected chi connectivity index (χ2v) is 10.1. The van der Waals surface area contributed by atoms with E-state index in [1.807, 2.05) is 39.0 Å². The van der Waals surface area contributed by atoms with Crippen LogP contribution in [-0.2, 0) is 10.8 Å². The fourth-order valence-corrected chi connectivity index (χ4v) is 3.76. The normalized spacial score (nSPS) is 14.8. The van der Waals surface area contributed by atoms with E-state index in [2.05, 4.69) is 35.7 Å². The number of fused-ring (bicyclic) bond motifs is 5. The number of oxazole rings is 1. The molecule has 0 aliphatic rings. The lowest BCUT2D eigenvalue weighted by molar-refractivity contribution is 0.410. The van der Waals surface area contributed by atoms with E-state index in [9.17, 15) is 0 Å². The highest BCUT2D eigenvalue weighted by Gasteiger charge is 2.25. The van der Waals surface area contributed by atoms with E-state index in [0.29, 0.717) is 50.2 Å². The van der Waals surface area contributed by atoms with E-state index in [1.165, 1.54) is 6.33 Å². The Morgan fingerprint density at radius 3 is 2.35 bits per heavy atom. The molecule has 0 atom stereocenters. The predicted octanol–water partition coefficient (Wildman–Crippen LogP) is 7.09. The summed E-state index contributed by atoms with van der Waals surface area (Å²) in [7, 11) is 0. The molecule has 5 nitrogen and oxygen atoms in total. The van der Waals surface area contributed by atoms with E-state index in [-0.39, 0.29) is 16.4 Å². The Kier molecular flexibility index (Phi) is 3.40. The zero-order valence-corrected chi connectivity index (χ0v) is 18.6. The van der Waals surface area contributed by atoms with Crippen LogP contribution in [0.4, 0.5) is 0 Å². The summed E-state index contributed by atoms with van der Waals surface area (Å²) < 4.78 is 37.0. The van der Waals surface area contributed by atoms with E-state index >= 15 is 0 Å². The molecule has 0 saturated carbocycles. The van der Waals surface area contributed by atoms with Gasteiger partial charge in [-0.25, -0.2) is 15.0 Å². The van der Waals surface area contributed by atoms with Crippen LogP contribution in [0.5, 0.6) is 0 Å². The Labute approximate surface area is 185 Å². The number of furan rings is 1. The summed E-state index contributed by atoms with van der Waals surface area (Å²) in [4.78, 5) is 13.6. The van der Waals surface area contributed by atoms with Crippen molar-refractivity contribution in [2.75, 3.05) is 0 Å². The molecular weight excluding hydrogens is 386 g/mol. The fraction of sp³-hybridized carbons (Fsp3) is 0.346. The van der Waals surface area contributed by atoms with Crippen molar-refractivity contribution in [3.05, 3.63) is 53.8 Å². The van der Waals surface area contributed by atoms with Crippen LogP contribution in [0.1, 0.15) is 62.8 Å². The van der Waals surface area contributed by atoms with Crippen LogP contribution in [0.2, 0.25) is 0 Å². The van der Waals surface area contributed by atoms with E-state index in [1.54, 1.807) is 12.1 Å². The molecule has 3 aromatic heterocycles. The number of nitrogens with zero attached hydrogens (tertiary/aromatic N) is 3. The van der Waals surface area contributed by atoms with Crippen molar-refractivity contribution in [2.24, 2.45) is 0 Å². The molecule has 158 valence electrons. The summed E-state index contributed by atoms with van der Waals surface area (Å²) in [6, 6.07) is 9.05. The minimum Gasteiger partial charge on any atom is -0.451 e. The minimum atomic E-state index is -2.32. The molecule has 0 aliphatic heterocycles. The van der Waals surface area contributed by atoms with Gasteiger partial charge < -0.3 is 8.83 Å². The van der Waals surface area contributed by atoms with Crippen molar-refractivity contribution < 1.29 is 12.9 Å². The van der Waals surface area contributed by atoms with Crippen molar-refractivity contribution >= 4 is 33.0 Å². The summed E-state index contributed by atoms with van der Waals surface area (Å²) in [6.45, 7) is 10.0. The highest BCUT2D eigenvalue weighted by Crippen LogP contribution is 2.41. The van der Waals surface area contributed by atoms with Crippen LogP contribution in [0.25, 0.3) is 44.3 Å². The number of rotatable bonds is 1. The molecule has 0 bridgehead atoms. The molecule has 0 amide bonds. The largest absolute Gasteiger partial charge is 0.451 e. The SMILES string of the molecule is [2H]C([2H])([2H])c1ccc(-c2cc(C(C)(C)C)ncn2)c2oc3c(ccc4nc(C(C)(C)C)oc43)c12. The standard InChI is InChI=1S/C26H27N3O2/c1-14-8-9-15(18-12-19(25(2,3)4)28-13-27-18)21-20(14)16-10-11-17-23(22(16)30-21)31-24(29-17)26(5,6)7/h8-13H,1-7H3/i1D3. The third kappa shape index (κ3) is 3.11. The first-order valence-corrected chi connectivity index (χ1v) is 10.4. The van der Waals surface area contributed by atoms with Crippen molar-refractivity contribution in [2.45, 2.75) is 59.2 Å². The molecule has 0 unspecified atom stereocenters. The third-order valence-electron chi connectivity index (χ3n) is 5.50. The van der Waals surface area contributed by atoms with Crippen LogP contribution in [0.15, 0.2) is 45.5 Å². The fourth-order valence-electron chi connectivity index (χ4n) is 3.76. The van der Waals surface area contributed by atoms with Crippen LogP contribution < -0.4 is 0 Å². The Hall–Kier alpha value is -3.21. The van der Waals surface area contributed by atoms with Gasteiger partial charge >= 0.3 is 0 Å². The zero-order chi connectivity index (χ0) is 24.6. The Morgan fingerprint density at radius 1 is 0.839 bits per heavy atom. The molecule has 0 aliphatic carbocycles. The first kappa shape index (κ1) is 16.5. The summed E-state index contributed by atoms with van der Waals surface area (Å²) in [6.07, 6.45) is 1.53. The highest BCUT2D eigenvalue weighted by atomic mass is 16.4. The molecule has 3 heterocycles. The Morgan fingerprint density at radius 2 is 1.65 bits per heavy atom. The summed E-state index contributed by atoms with van der Waals surface area (Å²) in [5, 5.41) is 1.22. The second-order valence-electron chi connectivity index (χ2n) is 10.1. The van der Waals surface area contributed by atoms with Crippen molar-refractivity contribution in [3.8, 4) is 11.3 Å². The number of hydrogen-bond acceptors (Lipinski definition) is 5. The van der Waals surface area contributed by atoms with Gasteiger partial charge in [0.05, 0.1) is 5.69 Å². The summed E-state index contributed by atoms with van der Waals surface area (Å²) >= 11 is 0. The third-order valence-corrected chi connectivity index (χ3v) is 5.50. The summed E-state index contributed by atoms with van der Waals surface area (Å²) in [5.41, 5.74) is 4.17. The lowest BCUT2D eigenvalue weighted by atomic mass is 9.91. The topological polar surface area (TPSA) is 65.0 Å². The van der Waals surface area contributed by atoms with Crippen molar-refractivity contribution in [1.82, 2.24) is 15.0 Å². The minimum absolute atomic E-state index is 0.168. The Balaban J connectivity index is 1.88. The quantitative estimate of drug-likeness (QED) is 0.292. The molecule has 5 heteroatoms. The molecule has 0 radical (unpaired) electrons. The van der Waals surface area contributed by atoms with Gasteiger partial charge in [-0.3, -0.25) is 0 Å². The highest BCUT2D eigenvalue weighted by molar-refractivity contribution is 6.16. The van der Waals surface area contributed by atoms with E-state index in [4.69, 9.17) is 12.9 Å². The molecule has 31 heavy (non-hydrogen) atoms. The second kappa shape index (κ2) is 6.39. The number of hydrogen-bond donors (Lipinski definition) is 0. The maximum Gasteiger partial charge on any atom is 0.201 e. The monoisotopic (exact) mass is 416 g/mol. The maximum atomic E-state index is 8.14. The van der Waals surface area contributed by atoms with Gasteiger partial charge in [0.25, 0.3) is 0 Å². The first-order chi connectivity index (χ1) is 15.7. The molecule has 0 N–H and O–H groups in total. The number of aryl methyl sites for hydroxylation is 1. The number of aromatic nitrogens is 3. The van der Waals surface area contributed by atoms with Gasteiger partial charge in [0.1, 0.15) is 17.4 Å². The van der Waals surface area contributed by atoms with Gasteiger partial charge in [0.2, 0.25) is 5.89 Å².